The van der Waals surface area contributed by atoms with E-state index in [0.29, 0.717) is 6.04 Å². The molecule has 1 aromatic carbocycles. The summed E-state index contributed by atoms with van der Waals surface area (Å²) in [6.07, 6.45) is 6.83. The maximum Gasteiger partial charge on any atom is 0.0596 e. The van der Waals surface area contributed by atoms with Crippen molar-refractivity contribution in [1.82, 2.24) is 0 Å². The summed E-state index contributed by atoms with van der Waals surface area (Å²) >= 11 is 0. The van der Waals surface area contributed by atoms with Crippen LogP contribution in [0.5, 0.6) is 0 Å². The first kappa shape index (κ1) is 15.2. The summed E-state index contributed by atoms with van der Waals surface area (Å²) in [4.78, 5) is 2.19. The SMILES string of the molecule is CC(C)CC1CCCC(Nc2ccccc2N(C)C)C1. The summed E-state index contributed by atoms with van der Waals surface area (Å²) < 4.78 is 0. The smallest absolute Gasteiger partial charge is 0.0596 e. The topological polar surface area (TPSA) is 15.3 Å². The molecule has 2 nitrogen and oxygen atoms in total. The Balaban J connectivity index is 1.99. The number of para-hydroxylation sites is 2. The van der Waals surface area contributed by atoms with E-state index in [4.69, 9.17) is 0 Å². The number of nitrogens with zero attached hydrogens (tertiary/aromatic N) is 1. The Morgan fingerprint density at radius 1 is 1.20 bits per heavy atom. The first-order valence-electron chi connectivity index (χ1n) is 8.09. The predicted octanol–water partition coefficient (Wildman–Crippen LogP) is 4.77. The number of hydrogen-bond donors (Lipinski definition) is 1. The van der Waals surface area contributed by atoms with Crippen LogP contribution in [-0.4, -0.2) is 20.1 Å². The molecular formula is C18H30N2. The molecule has 0 amide bonds. The van der Waals surface area contributed by atoms with E-state index in [9.17, 15) is 0 Å². The lowest BCUT2D eigenvalue weighted by Gasteiger charge is -2.32. The second kappa shape index (κ2) is 7.01. The van der Waals surface area contributed by atoms with E-state index in [1.165, 1.54) is 43.5 Å². The molecule has 0 spiro atoms. The Labute approximate surface area is 124 Å². The van der Waals surface area contributed by atoms with Gasteiger partial charge in [0.05, 0.1) is 11.4 Å². The highest BCUT2D eigenvalue weighted by Gasteiger charge is 2.23. The van der Waals surface area contributed by atoms with Crippen LogP contribution in [0.25, 0.3) is 0 Å². The van der Waals surface area contributed by atoms with E-state index >= 15 is 0 Å². The quantitative estimate of drug-likeness (QED) is 0.832. The standard InChI is InChI=1S/C18H30N2/c1-14(2)12-15-8-7-9-16(13-15)19-17-10-5-6-11-18(17)20(3)4/h5-6,10-11,14-16,19H,7-9,12-13H2,1-4H3. The van der Waals surface area contributed by atoms with Crippen LogP contribution in [0.4, 0.5) is 11.4 Å². The highest BCUT2D eigenvalue weighted by molar-refractivity contribution is 5.69. The molecule has 112 valence electrons. The summed E-state index contributed by atoms with van der Waals surface area (Å²) in [6, 6.07) is 9.29. The van der Waals surface area contributed by atoms with Gasteiger partial charge >= 0.3 is 0 Å². The average Bonchev–Trinajstić information content (AvgIpc) is 2.38. The van der Waals surface area contributed by atoms with Gasteiger partial charge in [-0.05, 0) is 43.2 Å². The Bertz CT molecular complexity index is 412. The highest BCUT2D eigenvalue weighted by atomic mass is 15.1. The number of anilines is 2. The van der Waals surface area contributed by atoms with Gasteiger partial charge in [0, 0.05) is 20.1 Å². The first-order valence-corrected chi connectivity index (χ1v) is 8.09. The molecule has 1 saturated carbocycles. The van der Waals surface area contributed by atoms with E-state index in [1.807, 2.05) is 0 Å². The molecule has 1 aliphatic carbocycles. The molecule has 1 N–H and O–H groups in total. The molecule has 1 fully saturated rings. The fraction of sp³-hybridized carbons (Fsp3) is 0.667. The zero-order valence-corrected chi connectivity index (χ0v) is 13.5. The second-order valence-corrected chi connectivity index (χ2v) is 6.92. The molecule has 2 heteroatoms. The van der Waals surface area contributed by atoms with Crippen molar-refractivity contribution in [3.63, 3.8) is 0 Å². The highest BCUT2D eigenvalue weighted by Crippen LogP contribution is 2.33. The van der Waals surface area contributed by atoms with Crippen molar-refractivity contribution in [2.24, 2.45) is 11.8 Å². The molecule has 2 unspecified atom stereocenters. The Morgan fingerprint density at radius 2 is 1.95 bits per heavy atom. The van der Waals surface area contributed by atoms with Crippen LogP contribution in [0.2, 0.25) is 0 Å². The van der Waals surface area contributed by atoms with Gasteiger partial charge in [-0.25, -0.2) is 0 Å². The van der Waals surface area contributed by atoms with E-state index in [0.717, 1.165) is 11.8 Å². The van der Waals surface area contributed by atoms with Crippen LogP contribution in [-0.2, 0) is 0 Å². The lowest BCUT2D eigenvalue weighted by Crippen LogP contribution is -2.28. The Kier molecular flexibility index (Phi) is 5.33. The van der Waals surface area contributed by atoms with Gasteiger partial charge in [-0.1, -0.05) is 38.8 Å². The Hall–Kier alpha value is -1.18. The monoisotopic (exact) mass is 274 g/mol. The van der Waals surface area contributed by atoms with Gasteiger partial charge in [-0.3, -0.25) is 0 Å². The molecule has 0 aliphatic heterocycles. The molecular weight excluding hydrogens is 244 g/mol. The van der Waals surface area contributed by atoms with Crippen LogP contribution >= 0.6 is 0 Å². The lowest BCUT2D eigenvalue weighted by molar-refractivity contribution is 0.289. The summed E-state index contributed by atoms with van der Waals surface area (Å²) in [5.41, 5.74) is 2.58. The summed E-state index contributed by atoms with van der Waals surface area (Å²) in [6.45, 7) is 4.69. The van der Waals surface area contributed by atoms with Gasteiger partial charge in [0.15, 0.2) is 0 Å². The van der Waals surface area contributed by atoms with Crippen LogP contribution in [0, 0.1) is 11.8 Å². The molecule has 1 aliphatic rings. The average molecular weight is 274 g/mol. The molecule has 2 atom stereocenters. The third-order valence-electron chi connectivity index (χ3n) is 4.33. The summed E-state index contributed by atoms with van der Waals surface area (Å²) in [7, 11) is 4.23. The van der Waals surface area contributed by atoms with Gasteiger partial charge in [-0.2, -0.15) is 0 Å². The van der Waals surface area contributed by atoms with Crippen LogP contribution in [0.3, 0.4) is 0 Å². The molecule has 0 aromatic heterocycles. The van der Waals surface area contributed by atoms with Crippen molar-refractivity contribution in [3.8, 4) is 0 Å². The lowest BCUT2D eigenvalue weighted by atomic mass is 9.81. The largest absolute Gasteiger partial charge is 0.381 e. The molecule has 20 heavy (non-hydrogen) atoms. The van der Waals surface area contributed by atoms with Gasteiger partial charge < -0.3 is 10.2 Å². The van der Waals surface area contributed by atoms with Gasteiger partial charge in [0.2, 0.25) is 0 Å². The molecule has 0 heterocycles. The minimum absolute atomic E-state index is 0.647. The minimum Gasteiger partial charge on any atom is -0.381 e. The van der Waals surface area contributed by atoms with Gasteiger partial charge in [0.1, 0.15) is 0 Å². The van der Waals surface area contributed by atoms with E-state index in [-0.39, 0.29) is 0 Å². The van der Waals surface area contributed by atoms with Crippen LogP contribution in [0.15, 0.2) is 24.3 Å². The van der Waals surface area contributed by atoms with Crippen LogP contribution < -0.4 is 10.2 Å². The predicted molar refractivity (Wildman–Crippen MR) is 89.6 cm³/mol. The van der Waals surface area contributed by atoms with E-state index in [2.05, 4.69) is 62.4 Å². The van der Waals surface area contributed by atoms with Gasteiger partial charge in [0.25, 0.3) is 0 Å². The number of benzene rings is 1. The maximum absolute atomic E-state index is 3.79. The molecule has 1 aromatic rings. The van der Waals surface area contributed by atoms with Crippen molar-refractivity contribution in [2.45, 2.75) is 52.0 Å². The molecule has 0 bridgehead atoms. The summed E-state index contributed by atoms with van der Waals surface area (Å²) in [5.74, 6) is 1.74. The van der Waals surface area contributed by atoms with E-state index in [1.54, 1.807) is 0 Å². The minimum atomic E-state index is 0.647. The molecule has 0 radical (unpaired) electrons. The van der Waals surface area contributed by atoms with E-state index < -0.39 is 0 Å². The van der Waals surface area contributed by atoms with Crippen molar-refractivity contribution >= 4 is 11.4 Å². The van der Waals surface area contributed by atoms with Crippen molar-refractivity contribution in [2.75, 3.05) is 24.3 Å². The van der Waals surface area contributed by atoms with Crippen molar-refractivity contribution < 1.29 is 0 Å². The maximum atomic E-state index is 3.79. The molecule has 2 rings (SSSR count). The second-order valence-electron chi connectivity index (χ2n) is 6.92. The third-order valence-corrected chi connectivity index (χ3v) is 4.33. The van der Waals surface area contributed by atoms with Gasteiger partial charge in [-0.15, -0.1) is 0 Å². The van der Waals surface area contributed by atoms with Crippen molar-refractivity contribution in [1.29, 1.82) is 0 Å². The fourth-order valence-corrected chi connectivity index (χ4v) is 3.51. The molecule has 0 saturated heterocycles. The number of nitrogens with one attached hydrogen (secondary N) is 1. The summed E-state index contributed by atoms with van der Waals surface area (Å²) in [5, 5.41) is 3.79. The normalized spacial score (nSPS) is 22.9. The Morgan fingerprint density at radius 3 is 2.65 bits per heavy atom. The fourth-order valence-electron chi connectivity index (χ4n) is 3.51. The third kappa shape index (κ3) is 4.16. The first-order chi connectivity index (χ1) is 9.56. The zero-order chi connectivity index (χ0) is 14.5. The van der Waals surface area contributed by atoms with Crippen molar-refractivity contribution in [3.05, 3.63) is 24.3 Å². The number of rotatable bonds is 5. The zero-order valence-electron chi connectivity index (χ0n) is 13.5. The van der Waals surface area contributed by atoms with Crippen LogP contribution in [0.1, 0.15) is 46.0 Å². The number of hydrogen-bond acceptors (Lipinski definition) is 2.